The van der Waals surface area contributed by atoms with Crippen LogP contribution in [0.15, 0.2) is 18.2 Å². The van der Waals surface area contributed by atoms with E-state index in [1.54, 1.807) is 0 Å². The lowest BCUT2D eigenvalue weighted by Gasteiger charge is -2.27. The average Bonchev–Trinajstić information content (AvgIpc) is 2.64. The van der Waals surface area contributed by atoms with Crippen molar-refractivity contribution in [3.8, 4) is 0 Å². The van der Waals surface area contributed by atoms with Gasteiger partial charge in [0, 0.05) is 17.9 Å². The maximum atomic E-state index is 6.29. The zero-order valence-electron chi connectivity index (χ0n) is 8.84. The van der Waals surface area contributed by atoms with Gasteiger partial charge in [-0.05, 0) is 31.4 Å². The van der Waals surface area contributed by atoms with Gasteiger partial charge in [0.2, 0.25) is 0 Å². The molecule has 82 valence electrons. The minimum absolute atomic E-state index is 0.614. The normalized spacial score (nSPS) is 21.0. The molecule has 0 bridgehead atoms. The van der Waals surface area contributed by atoms with Crippen molar-refractivity contribution < 1.29 is 0 Å². The molecule has 1 aromatic rings. The van der Waals surface area contributed by atoms with E-state index in [9.17, 15) is 0 Å². The van der Waals surface area contributed by atoms with Gasteiger partial charge >= 0.3 is 0 Å². The lowest BCUT2D eigenvalue weighted by Crippen LogP contribution is -2.27. The number of hydrogen-bond acceptors (Lipinski definition) is 1. The molecule has 1 nitrogen and oxygen atoms in total. The summed E-state index contributed by atoms with van der Waals surface area (Å²) in [6.45, 7) is 3.40. The van der Waals surface area contributed by atoms with Crippen molar-refractivity contribution in [3.05, 3.63) is 28.8 Å². The van der Waals surface area contributed by atoms with E-state index in [4.69, 9.17) is 11.6 Å². The Morgan fingerprint density at radius 1 is 1.53 bits per heavy atom. The summed E-state index contributed by atoms with van der Waals surface area (Å²) in [5, 5.41) is 1.74. The number of nitrogens with zero attached hydrogens (tertiary/aromatic N) is 1. The molecule has 0 amide bonds. The molecule has 1 fully saturated rings. The van der Waals surface area contributed by atoms with Crippen LogP contribution in [0, 0.1) is 0 Å². The molecule has 1 heterocycles. The van der Waals surface area contributed by atoms with Gasteiger partial charge in [-0.15, -0.1) is 0 Å². The third kappa shape index (κ3) is 2.16. The monoisotopic (exact) mass is 287 g/mol. The van der Waals surface area contributed by atoms with Crippen LogP contribution in [0.25, 0.3) is 0 Å². The Balaban J connectivity index is 2.41. The van der Waals surface area contributed by atoms with E-state index < -0.39 is 0 Å². The summed E-state index contributed by atoms with van der Waals surface area (Å²) in [7, 11) is 0. The smallest absolute Gasteiger partial charge is 0.0642 e. The Morgan fingerprint density at radius 3 is 2.93 bits per heavy atom. The van der Waals surface area contributed by atoms with Crippen molar-refractivity contribution in [2.45, 2.75) is 31.1 Å². The van der Waals surface area contributed by atoms with E-state index in [1.807, 2.05) is 12.1 Å². The maximum Gasteiger partial charge on any atom is 0.0642 e. The molecule has 3 heteroatoms. The van der Waals surface area contributed by atoms with Gasteiger partial charge in [0.15, 0.2) is 0 Å². The number of halogens is 2. The van der Waals surface area contributed by atoms with E-state index in [1.165, 1.54) is 24.1 Å². The number of para-hydroxylation sites is 1. The Bertz CT molecular complexity index is 353. The molecule has 0 N–H and O–H groups in total. The highest BCUT2D eigenvalue weighted by Crippen LogP contribution is 2.35. The Hall–Kier alpha value is -0.210. The fourth-order valence-electron chi connectivity index (χ4n) is 2.25. The van der Waals surface area contributed by atoms with E-state index in [0.717, 1.165) is 16.9 Å². The molecule has 0 aliphatic carbocycles. The SMILES string of the molecule is CC1CCCN1c1c(Cl)cccc1CBr. The topological polar surface area (TPSA) is 3.24 Å². The van der Waals surface area contributed by atoms with E-state index in [-0.39, 0.29) is 0 Å². The molecule has 1 aliphatic heterocycles. The molecule has 1 saturated heterocycles. The number of alkyl halides is 1. The van der Waals surface area contributed by atoms with Crippen molar-refractivity contribution in [1.82, 2.24) is 0 Å². The zero-order valence-corrected chi connectivity index (χ0v) is 11.2. The fourth-order valence-corrected chi connectivity index (χ4v) is 3.01. The summed E-state index contributed by atoms with van der Waals surface area (Å²) in [5.74, 6) is 0. The third-order valence-corrected chi connectivity index (χ3v) is 3.96. The van der Waals surface area contributed by atoms with Crippen LogP contribution in [-0.4, -0.2) is 12.6 Å². The number of hydrogen-bond donors (Lipinski definition) is 0. The number of benzene rings is 1. The van der Waals surface area contributed by atoms with E-state index in [2.05, 4.69) is 33.8 Å². The van der Waals surface area contributed by atoms with Crippen molar-refractivity contribution in [2.24, 2.45) is 0 Å². The van der Waals surface area contributed by atoms with Crippen LogP contribution >= 0.6 is 27.5 Å². The summed E-state index contributed by atoms with van der Waals surface area (Å²) >= 11 is 9.82. The molecule has 1 atom stereocenters. The van der Waals surface area contributed by atoms with Gasteiger partial charge in [-0.2, -0.15) is 0 Å². The molecular formula is C12H15BrClN. The molecule has 0 saturated carbocycles. The van der Waals surface area contributed by atoms with Crippen LogP contribution in [0.3, 0.4) is 0 Å². The molecular weight excluding hydrogens is 273 g/mol. The van der Waals surface area contributed by atoms with Gasteiger partial charge in [-0.3, -0.25) is 0 Å². The van der Waals surface area contributed by atoms with Gasteiger partial charge < -0.3 is 4.90 Å². The van der Waals surface area contributed by atoms with Crippen LogP contribution in [0.1, 0.15) is 25.3 Å². The summed E-state index contributed by atoms with van der Waals surface area (Å²) in [6, 6.07) is 6.75. The number of rotatable bonds is 2. The highest BCUT2D eigenvalue weighted by atomic mass is 79.9. The summed E-state index contributed by atoms with van der Waals surface area (Å²) < 4.78 is 0. The Kier molecular flexibility index (Phi) is 3.57. The molecule has 0 spiro atoms. The fraction of sp³-hybridized carbons (Fsp3) is 0.500. The van der Waals surface area contributed by atoms with Crippen LogP contribution in [0.4, 0.5) is 5.69 Å². The van der Waals surface area contributed by atoms with Crippen LogP contribution < -0.4 is 4.90 Å². The highest BCUT2D eigenvalue weighted by molar-refractivity contribution is 9.08. The molecule has 0 radical (unpaired) electrons. The second-order valence-electron chi connectivity index (χ2n) is 4.07. The minimum Gasteiger partial charge on any atom is -0.367 e. The second kappa shape index (κ2) is 4.75. The zero-order chi connectivity index (χ0) is 10.8. The highest BCUT2D eigenvalue weighted by Gasteiger charge is 2.24. The van der Waals surface area contributed by atoms with Crippen LogP contribution in [0.5, 0.6) is 0 Å². The summed E-state index contributed by atoms with van der Waals surface area (Å²) in [4.78, 5) is 2.43. The quantitative estimate of drug-likeness (QED) is 0.736. The maximum absolute atomic E-state index is 6.29. The Morgan fingerprint density at radius 2 is 2.33 bits per heavy atom. The van der Waals surface area contributed by atoms with Crippen molar-refractivity contribution in [2.75, 3.05) is 11.4 Å². The molecule has 1 unspecified atom stereocenters. The molecule has 15 heavy (non-hydrogen) atoms. The third-order valence-electron chi connectivity index (χ3n) is 3.05. The lowest BCUT2D eigenvalue weighted by molar-refractivity contribution is 0.733. The van der Waals surface area contributed by atoms with E-state index in [0.29, 0.717) is 6.04 Å². The predicted molar refractivity (Wildman–Crippen MR) is 70.1 cm³/mol. The standard InChI is InChI=1S/C12H15BrClN/c1-9-4-3-7-15(9)12-10(8-13)5-2-6-11(12)14/h2,5-6,9H,3-4,7-8H2,1H3. The number of anilines is 1. The minimum atomic E-state index is 0.614. The van der Waals surface area contributed by atoms with Gasteiger partial charge in [-0.1, -0.05) is 39.7 Å². The molecule has 2 rings (SSSR count). The first-order valence-electron chi connectivity index (χ1n) is 5.34. The Labute approximate surface area is 105 Å². The van der Waals surface area contributed by atoms with E-state index >= 15 is 0 Å². The van der Waals surface area contributed by atoms with Crippen LogP contribution in [-0.2, 0) is 5.33 Å². The van der Waals surface area contributed by atoms with Gasteiger partial charge in [0.05, 0.1) is 10.7 Å². The van der Waals surface area contributed by atoms with Gasteiger partial charge in [0.1, 0.15) is 0 Å². The summed E-state index contributed by atoms with van der Waals surface area (Å²) in [5.41, 5.74) is 2.51. The second-order valence-corrected chi connectivity index (χ2v) is 5.03. The lowest BCUT2D eigenvalue weighted by atomic mass is 10.1. The first-order valence-corrected chi connectivity index (χ1v) is 6.84. The molecule has 0 aromatic heterocycles. The van der Waals surface area contributed by atoms with Gasteiger partial charge in [-0.25, -0.2) is 0 Å². The van der Waals surface area contributed by atoms with Crippen molar-refractivity contribution in [3.63, 3.8) is 0 Å². The molecule has 1 aromatic carbocycles. The van der Waals surface area contributed by atoms with Gasteiger partial charge in [0.25, 0.3) is 0 Å². The van der Waals surface area contributed by atoms with Crippen LogP contribution in [0.2, 0.25) is 5.02 Å². The largest absolute Gasteiger partial charge is 0.367 e. The molecule has 1 aliphatic rings. The first kappa shape index (κ1) is 11.3. The first-order chi connectivity index (χ1) is 7.24. The summed E-state index contributed by atoms with van der Waals surface area (Å²) in [6.07, 6.45) is 2.54. The van der Waals surface area contributed by atoms with Crippen molar-refractivity contribution in [1.29, 1.82) is 0 Å². The van der Waals surface area contributed by atoms with Crippen molar-refractivity contribution >= 4 is 33.2 Å². The predicted octanol–water partition coefficient (Wildman–Crippen LogP) is 4.22. The average molecular weight is 289 g/mol.